The van der Waals surface area contributed by atoms with Gasteiger partial charge in [-0.3, -0.25) is 10.1 Å². The van der Waals surface area contributed by atoms with Crippen LogP contribution in [0.3, 0.4) is 0 Å². The van der Waals surface area contributed by atoms with Crippen LogP contribution < -0.4 is 5.32 Å². The lowest BCUT2D eigenvalue weighted by Gasteiger charge is -2.01. The number of aromatic nitrogens is 1. The summed E-state index contributed by atoms with van der Waals surface area (Å²) in [6.45, 7) is 0. The standard InChI is InChI=1S/C18H10ClFN2O4S2/c19-10-1-4-12(5-2-10)28(24,25)16-8-7-14(26-16)17(23)22-18-21-13-6-3-11(20)9-15(13)27-18/h1-9H,(H,21,22,23). The molecule has 0 atom stereocenters. The fourth-order valence-electron chi connectivity index (χ4n) is 2.43. The molecule has 0 aliphatic rings. The zero-order valence-electron chi connectivity index (χ0n) is 13.8. The number of fused-ring (bicyclic) bond motifs is 1. The third-order valence-corrected chi connectivity index (χ3v) is 6.59. The van der Waals surface area contributed by atoms with Gasteiger partial charge in [0, 0.05) is 5.02 Å². The third kappa shape index (κ3) is 3.51. The van der Waals surface area contributed by atoms with Gasteiger partial charge in [-0.15, -0.1) is 0 Å². The Morgan fingerprint density at radius 2 is 1.86 bits per heavy atom. The van der Waals surface area contributed by atoms with Gasteiger partial charge in [0.15, 0.2) is 10.9 Å². The number of carbonyl (C=O) groups excluding carboxylic acids is 1. The van der Waals surface area contributed by atoms with Crippen molar-refractivity contribution in [2.24, 2.45) is 0 Å². The highest BCUT2D eigenvalue weighted by molar-refractivity contribution is 7.91. The summed E-state index contributed by atoms with van der Waals surface area (Å²) in [7, 11) is -3.93. The second kappa shape index (κ2) is 7.01. The van der Waals surface area contributed by atoms with Crippen molar-refractivity contribution < 1.29 is 22.0 Å². The van der Waals surface area contributed by atoms with Gasteiger partial charge in [-0.1, -0.05) is 22.9 Å². The van der Waals surface area contributed by atoms with E-state index in [1.54, 1.807) is 0 Å². The molecule has 1 N–H and O–H groups in total. The van der Waals surface area contributed by atoms with Gasteiger partial charge >= 0.3 is 0 Å². The lowest BCUT2D eigenvalue weighted by Crippen LogP contribution is -2.10. The molecule has 6 nitrogen and oxygen atoms in total. The summed E-state index contributed by atoms with van der Waals surface area (Å²) in [6, 6.07) is 12.1. The van der Waals surface area contributed by atoms with Gasteiger partial charge in [0.2, 0.25) is 14.9 Å². The number of rotatable bonds is 4. The van der Waals surface area contributed by atoms with E-state index in [0.29, 0.717) is 15.2 Å². The van der Waals surface area contributed by atoms with Crippen LogP contribution in [0.15, 0.2) is 69.0 Å². The van der Waals surface area contributed by atoms with E-state index in [1.165, 1.54) is 54.6 Å². The van der Waals surface area contributed by atoms with Crippen LogP contribution in [0.4, 0.5) is 9.52 Å². The maximum Gasteiger partial charge on any atom is 0.293 e. The molecular weight excluding hydrogens is 427 g/mol. The molecule has 0 saturated heterocycles. The normalized spacial score (nSPS) is 11.6. The Labute approximate surface area is 167 Å². The number of sulfone groups is 1. The molecule has 2 aromatic heterocycles. The van der Waals surface area contributed by atoms with Crippen LogP contribution in [0.25, 0.3) is 10.2 Å². The summed E-state index contributed by atoms with van der Waals surface area (Å²) < 4.78 is 44.2. The van der Waals surface area contributed by atoms with Crippen LogP contribution in [0.5, 0.6) is 0 Å². The van der Waals surface area contributed by atoms with Crippen molar-refractivity contribution in [2.75, 3.05) is 5.32 Å². The van der Waals surface area contributed by atoms with Gasteiger partial charge in [0.25, 0.3) is 5.91 Å². The number of furan rings is 1. The smallest absolute Gasteiger partial charge is 0.293 e. The van der Waals surface area contributed by atoms with Crippen molar-refractivity contribution in [2.45, 2.75) is 9.99 Å². The molecule has 0 bridgehead atoms. The van der Waals surface area contributed by atoms with Gasteiger partial charge in [0.05, 0.1) is 15.1 Å². The molecule has 2 heterocycles. The van der Waals surface area contributed by atoms with Crippen molar-refractivity contribution >= 4 is 54.0 Å². The predicted octanol–water partition coefficient (Wildman–Crippen LogP) is 4.77. The minimum atomic E-state index is -3.93. The van der Waals surface area contributed by atoms with Crippen LogP contribution in [-0.2, 0) is 9.84 Å². The first kappa shape index (κ1) is 18.6. The van der Waals surface area contributed by atoms with E-state index in [0.717, 1.165) is 11.3 Å². The molecule has 10 heteroatoms. The number of thiazole rings is 1. The van der Waals surface area contributed by atoms with Crippen molar-refractivity contribution in [3.05, 3.63) is 71.2 Å². The predicted molar refractivity (Wildman–Crippen MR) is 103 cm³/mol. The molecule has 1 amide bonds. The molecule has 0 spiro atoms. The zero-order chi connectivity index (χ0) is 19.9. The molecule has 28 heavy (non-hydrogen) atoms. The van der Waals surface area contributed by atoms with Gasteiger partial charge in [-0.25, -0.2) is 17.8 Å². The minimum absolute atomic E-state index is 0.00796. The lowest BCUT2D eigenvalue weighted by molar-refractivity contribution is 0.0991. The molecule has 4 rings (SSSR count). The fraction of sp³-hybridized carbons (Fsp3) is 0. The number of benzene rings is 2. The molecule has 0 radical (unpaired) electrons. The Balaban J connectivity index is 1.57. The highest BCUT2D eigenvalue weighted by Crippen LogP contribution is 2.28. The maximum absolute atomic E-state index is 13.3. The van der Waals surface area contributed by atoms with Crippen molar-refractivity contribution in [3.8, 4) is 0 Å². The second-order valence-corrected chi connectivity index (χ2v) is 9.01. The SMILES string of the molecule is O=C(Nc1nc2ccc(F)cc2s1)c1ccc(S(=O)(=O)c2ccc(Cl)cc2)o1. The van der Waals surface area contributed by atoms with Crippen LogP contribution in [0, 0.1) is 5.82 Å². The second-order valence-electron chi connectivity index (χ2n) is 5.66. The fourth-order valence-corrected chi connectivity index (χ4v) is 4.61. The first-order valence-corrected chi connectivity index (χ1v) is 10.5. The maximum atomic E-state index is 13.3. The third-order valence-electron chi connectivity index (χ3n) is 3.76. The van der Waals surface area contributed by atoms with Gasteiger partial charge in [0.1, 0.15) is 5.82 Å². The number of anilines is 1. The topological polar surface area (TPSA) is 89.3 Å². The number of amides is 1. The van der Waals surface area contributed by atoms with Gasteiger partial charge < -0.3 is 4.42 Å². The van der Waals surface area contributed by atoms with Crippen LogP contribution in [-0.4, -0.2) is 19.3 Å². The highest BCUT2D eigenvalue weighted by Gasteiger charge is 2.24. The molecule has 0 aliphatic carbocycles. The number of nitrogens with zero attached hydrogens (tertiary/aromatic N) is 1. The monoisotopic (exact) mass is 436 g/mol. The van der Waals surface area contributed by atoms with E-state index in [9.17, 15) is 17.6 Å². The largest absolute Gasteiger partial charge is 0.439 e. The quantitative estimate of drug-likeness (QED) is 0.498. The molecule has 0 fully saturated rings. The summed E-state index contributed by atoms with van der Waals surface area (Å²) in [5.41, 5.74) is 0.534. The van der Waals surface area contributed by atoms with Gasteiger partial charge in [-0.2, -0.15) is 0 Å². The average Bonchev–Trinajstić information content (AvgIpc) is 3.28. The van der Waals surface area contributed by atoms with Crippen LogP contribution in [0.1, 0.15) is 10.6 Å². The Kier molecular flexibility index (Phi) is 4.66. The Morgan fingerprint density at radius 1 is 1.11 bits per heavy atom. The van der Waals surface area contributed by atoms with Crippen molar-refractivity contribution in [3.63, 3.8) is 0 Å². The Bertz CT molecular complexity index is 1300. The number of carbonyl (C=O) groups is 1. The molecular formula is C18H10ClFN2O4S2. The van der Waals surface area contributed by atoms with Crippen LogP contribution in [0.2, 0.25) is 5.02 Å². The van der Waals surface area contributed by atoms with Gasteiger partial charge in [-0.05, 0) is 54.6 Å². The summed E-state index contributed by atoms with van der Waals surface area (Å²) in [5, 5.41) is 2.79. The molecule has 0 unspecified atom stereocenters. The molecule has 4 aromatic rings. The van der Waals surface area contributed by atoms with E-state index >= 15 is 0 Å². The molecule has 0 saturated carbocycles. The number of hydrogen-bond acceptors (Lipinski definition) is 6. The Hall–Kier alpha value is -2.75. The first-order valence-electron chi connectivity index (χ1n) is 7.81. The van der Waals surface area contributed by atoms with Crippen LogP contribution >= 0.6 is 22.9 Å². The van der Waals surface area contributed by atoms with E-state index in [-0.39, 0.29) is 20.9 Å². The average molecular weight is 437 g/mol. The first-order chi connectivity index (χ1) is 13.3. The van der Waals surface area contributed by atoms with E-state index in [4.69, 9.17) is 16.0 Å². The number of hydrogen-bond donors (Lipinski definition) is 1. The zero-order valence-corrected chi connectivity index (χ0v) is 16.2. The summed E-state index contributed by atoms with van der Waals surface area (Å²) >= 11 is 6.86. The minimum Gasteiger partial charge on any atom is -0.439 e. The van der Waals surface area contributed by atoms with E-state index in [1.807, 2.05) is 0 Å². The summed E-state index contributed by atoms with van der Waals surface area (Å²) in [5.74, 6) is -1.27. The number of nitrogens with one attached hydrogen (secondary N) is 1. The Morgan fingerprint density at radius 3 is 2.61 bits per heavy atom. The summed E-state index contributed by atoms with van der Waals surface area (Å²) in [6.07, 6.45) is 0. The highest BCUT2D eigenvalue weighted by atomic mass is 35.5. The lowest BCUT2D eigenvalue weighted by atomic mass is 10.3. The van der Waals surface area contributed by atoms with E-state index < -0.39 is 21.6 Å². The van der Waals surface area contributed by atoms with Crippen molar-refractivity contribution in [1.82, 2.24) is 4.98 Å². The van der Waals surface area contributed by atoms with E-state index in [2.05, 4.69) is 10.3 Å². The molecule has 2 aromatic carbocycles. The van der Waals surface area contributed by atoms with Crippen molar-refractivity contribution in [1.29, 1.82) is 0 Å². The number of halogens is 2. The molecule has 142 valence electrons. The molecule has 0 aliphatic heterocycles. The summed E-state index contributed by atoms with van der Waals surface area (Å²) in [4.78, 5) is 16.5.